The maximum atomic E-state index is 12.1. The Morgan fingerprint density at radius 1 is 1.00 bits per heavy atom. The van der Waals surface area contributed by atoms with Gasteiger partial charge < -0.3 is 15.7 Å². The minimum Gasteiger partial charge on any atom is -0.396 e. The van der Waals surface area contributed by atoms with Gasteiger partial charge in [-0.1, -0.05) is 32.6 Å². The molecule has 0 spiro atoms. The van der Waals surface area contributed by atoms with Gasteiger partial charge in [-0.3, -0.25) is 0 Å². The molecule has 0 aliphatic heterocycles. The number of amides is 2. The average Bonchev–Trinajstić information content (AvgIpc) is 2.42. The minimum atomic E-state index is -0.0379. The number of aliphatic hydroxyl groups excluding tert-OH is 1. The van der Waals surface area contributed by atoms with Crippen LogP contribution in [0.5, 0.6) is 0 Å². The summed E-state index contributed by atoms with van der Waals surface area (Å²) in [5.74, 6) is 0.822. The van der Waals surface area contributed by atoms with E-state index >= 15 is 0 Å². The second-order valence-electron chi connectivity index (χ2n) is 6.32. The van der Waals surface area contributed by atoms with E-state index in [-0.39, 0.29) is 24.6 Å². The van der Waals surface area contributed by atoms with Gasteiger partial charge in [-0.25, -0.2) is 4.79 Å². The van der Waals surface area contributed by atoms with Crippen molar-refractivity contribution < 1.29 is 9.90 Å². The van der Waals surface area contributed by atoms with Crippen LogP contribution in [-0.2, 0) is 0 Å². The summed E-state index contributed by atoms with van der Waals surface area (Å²) in [5, 5.41) is 15.6. The van der Waals surface area contributed by atoms with Crippen molar-refractivity contribution in [3.63, 3.8) is 0 Å². The molecule has 110 valence electrons. The van der Waals surface area contributed by atoms with Crippen molar-refractivity contribution in [2.45, 2.75) is 70.4 Å². The predicted octanol–water partition coefficient (Wildman–Crippen LogP) is 2.42. The lowest BCUT2D eigenvalue weighted by Gasteiger charge is -2.33. The monoisotopic (exact) mass is 268 g/mol. The smallest absolute Gasteiger partial charge is 0.315 e. The molecule has 0 aromatic carbocycles. The molecule has 2 amide bonds. The summed E-state index contributed by atoms with van der Waals surface area (Å²) in [6.45, 7) is 2.41. The minimum absolute atomic E-state index is 0.0379. The van der Waals surface area contributed by atoms with Crippen LogP contribution in [0.4, 0.5) is 4.79 Å². The Balaban J connectivity index is 1.79. The van der Waals surface area contributed by atoms with Gasteiger partial charge in [-0.2, -0.15) is 0 Å². The molecule has 2 aliphatic carbocycles. The van der Waals surface area contributed by atoms with Gasteiger partial charge >= 0.3 is 6.03 Å². The van der Waals surface area contributed by atoms with Gasteiger partial charge in [0.25, 0.3) is 0 Å². The molecule has 3 N–H and O–H groups in total. The van der Waals surface area contributed by atoms with Crippen molar-refractivity contribution in [3.8, 4) is 0 Å². The van der Waals surface area contributed by atoms with Crippen molar-refractivity contribution in [2.75, 3.05) is 6.61 Å². The molecule has 0 heterocycles. The van der Waals surface area contributed by atoms with Crippen LogP contribution in [0.25, 0.3) is 0 Å². The number of hydrogen-bond acceptors (Lipinski definition) is 2. The summed E-state index contributed by atoms with van der Waals surface area (Å²) < 4.78 is 0. The van der Waals surface area contributed by atoms with E-state index in [1.165, 1.54) is 25.7 Å². The molecular formula is C15H28N2O2. The Morgan fingerprint density at radius 3 is 2.26 bits per heavy atom. The highest BCUT2D eigenvalue weighted by atomic mass is 16.3. The first kappa shape index (κ1) is 14.6. The molecule has 4 heteroatoms. The van der Waals surface area contributed by atoms with Crippen LogP contribution >= 0.6 is 0 Å². The van der Waals surface area contributed by atoms with E-state index in [4.69, 9.17) is 0 Å². The first-order valence-corrected chi connectivity index (χ1v) is 7.88. The van der Waals surface area contributed by atoms with E-state index in [2.05, 4.69) is 17.6 Å². The third kappa shape index (κ3) is 4.10. The zero-order chi connectivity index (χ0) is 13.7. The Kier molecular flexibility index (Phi) is 5.49. The van der Waals surface area contributed by atoms with E-state index < -0.39 is 0 Å². The summed E-state index contributed by atoms with van der Waals surface area (Å²) in [7, 11) is 0. The lowest BCUT2D eigenvalue weighted by molar-refractivity contribution is 0.151. The SMILES string of the molecule is CC1CCCCC1NC(=O)NC1CCCCC1CO. The first-order valence-electron chi connectivity index (χ1n) is 7.88. The first-order chi connectivity index (χ1) is 9.20. The van der Waals surface area contributed by atoms with E-state index in [9.17, 15) is 9.90 Å². The normalized spacial score (nSPS) is 35.7. The summed E-state index contributed by atoms with van der Waals surface area (Å²) in [6, 6.07) is 0.437. The van der Waals surface area contributed by atoms with Gasteiger partial charge in [-0.15, -0.1) is 0 Å². The zero-order valence-corrected chi connectivity index (χ0v) is 12.0. The number of carbonyl (C=O) groups excluding carboxylic acids is 1. The fraction of sp³-hybridized carbons (Fsp3) is 0.933. The molecule has 4 nitrogen and oxygen atoms in total. The molecule has 0 aromatic rings. The molecular weight excluding hydrogens is 240 g/mol. The topological polar surface area (TPSA) is 61.4 Å². The van der Waals surface area contributed by atoms with Gasteiger partial charge in [0.1, 0.15) is 0 Å². The predicted molar refractivity (Wildman–Crippen MR) is 75.9 cm³/mol. The second kappa shape index (κ2) is 7.13. The summed E-state index contributed by atoms with van der Waals surface area (Å²) in [6.07, 6.45) is 9.18. The largest absolute Gasteiger partial charge is 0.396 e. The molecule has 4 atom stereocenters. The molecule has 2 aliphatic rings. The number of hydrogen-bond donors (Lipinski definition) is 3. The molecule has 2 saturated carbocycles. The number of rotatable bonds is 3. The van der Waals surface area contributed by atoms with Crippen LogP contribution in [0.1, 0.15) is 58.3 Å². The van der Waals surface area contributed by atoms with Gasteiger partial charge in [0.2, 0.25) is 0 Å². The van der Waals surface area contributed by atoms with E-state index in [0.717, 1.165) is 25.7 Å². The number of nitrogens with one attached hydrogen (secondary N) is 2. The summed E-state index contributed by atoms with van der Waals surface area (Å²) >= 11 is 0. The van der Waals surface area contributed by atoms with E-state index in [1.54, 1.807) is 0 Å². The van der Waals surface area contributed by atoms with Crippen molar-refractivity contribution >= 4 is 6.03 Å². The Labute approximate surface area is 116 Å². The van der Waals surface area contributed by atoms with Crippen molar-refractivity contribution in [3.05, 3.63) is 0 Å². The van der Waals surface area contributed by atoms with Crippen molar-refractivity contribution in [1.29, 1.82) is 0 Å². The molecule has 0 aromatic heterocycles. The Bertz CT molecular complexity index is 296. The van der Waals surface area contributed by atoms with Crippen LogP contribution < -0.4 is 10.6 Å². The van der Waals surface area contributed by atoms with Crippen molar-refractivity contribution in [2.24, 2.45) is 11.8 Å². The van der Waals surface area contributed by atoms with Crippen LogP contribution in [0.15, 0.2) is 0 Å². The van der Waals surface area contributed by atoms with Crippen LogP contribution in [0, 0.1) is 11.8 Å². The molecule has 0 bridgehead atoms. The van der Waals surface area contributed by atoms with Gasteiger partial charge in [0.05, 0.1) is 0 Å². The molecule has 2 fully saturated rings. The highest BCUT2D eigenvalue weighted by Gasteiger charge is 2.28. The maximum Gasteiger partial charge on any atom is 0.315 e. The van der Waals surface area contributed by atoms with Crippen LogP contribution in [-0.4, -0.2) is 29.8 Å². The molecule has 0 radical (unpaired) electrons. The second-order valence-corrected chi connectivity index (χ2v) is 6.32. The van der Waals surface area contributed by atoms with Gasteiger partial charge in [0, 0.05) is 24.6 Å². The summed E-state index contributed by atoms with van der Waals surface area (Å²) in [5.41, 5.74) is 0. The Morgan fingerprint density at radius 2 is 1.58 bits per heavy atom. The highest BCUT2D eigenvalue weighted by Crippen LogP contribution is 2.25. The van der Waals surface area contributed by atoms with Crippen molar-refractivity contribution in [1.82, 2.24) is 10.6 Å². The van der Waals surface area contributed by atoms with E-state index in [1.807, 2.05) is 0 Å². The van der Waals surface area contributed by atoms with Gasteiger partial charge in [-0.05, 0) is 31.6 Å². The maximum absolute atomic E-state index is 12.1. The molecule has 4 unspecified atom stereocenters. The standard InChI is InChI=1S/C15H28N2O2/c1-11-6-2-4-8-13(11)16-15(19)17-14-9-5-3-7-12(14)10-18/h11-14,18H,2-10H2,1H3,(H2,16,17,19). The zero-order valence-electron chi connectivity index (χ0n) is 12.0. The fourth-order valence-electron chi connectivity index (χ4n) is 3.53. The quantitative estimate of drug-likeness (QED) is 0.736. The number of urea groups is 1. The Hall–Kier alpha value is -0.770. The lowest BCUT2D eigenvalue weighted by Crippen LogP contribution is -2.51. The van der Waals surface area contributed by atoms with Crippen LogP contribution in [0.2, 0.25) is 0 Å². The lowest BCUT2D eigenvalue weighted by atomic mass is 9.85. The van der Waals surface area contributed by atoms with E-state index in [0.29, 0.717) is 12.0 Å². The fourth-order valence-corrected chi connectivity index (χ4v) is 3.53. The number of aliphatic hydroxyl groups is 1. The third-order valence-electron chi connectivity index (χ3n) is 4.89. The highest BCUT2D eigenvalue weighted by molar-refractivity contribution is 5.74. The summed E-state index contributed by atoms with van der Waals surface area (Å²) in [4.78, 5) is 12.1. The van der Waals surface area contributed by atoms with Gasteiger partial charge in [0.15, 0.2) is 0 Å². The third-order valence-corrected chi connectivity index (χ3v) is 4.89. The average molecular weight is 268 g/mol. The molecule has 19 heavy (non-hydrogen) atoms. The molecule has 2 rings (SSSR count). The van der Waals surface area contributed by atoms with Crippen LogP contribution in [0.3, 0.4) is 0 Å². The molecule has 0 saturated heterocycles. The number of carbonyl (C=O) groups is 1.